The number of hydrogen-bond acceptors (Lipinski definition) is 4. The zero-order valence-corrected chi connectivity index (χ0v) is 25.6. The Hall–Kier alpha value is -3.36. The van der Waals surface area contributed by atoms with Crippen LogP contribution in [0.1, 0.15) is 49.8 Å². The third-order valence-electron chi connectivity index (χ3n) is 6.90. The summed E-state index contributed by atoms with van der Waals surface area (Å²) in [5.41, 5.74) is 3.34. The average molecular weight is 598 g/mol. The first-order valence-electron chi connectivity index (χ1n) is 14.0. The van der Waals surface area contributed by atoms with E-state index in [-0.39, 0.29) is 37.7 Å². The Kier molecular flexibility index (Phi) is 12.2. The van der Waals surface area contributed by atoms with Crippen LogP contribution in [0.5, 0.6) is 0 Å². The van der Waals surface area contributed by atoms with Crippen LogP contribution in [-0.4, -0.2) is 50.5 Å². The van der Waals surface area contributed by atoms with Crippen molar-refractivity contribution < 1.29 is 18.0 Å². The zero-order chi connectivity index (χ0) is 29.8. The van der Waals surface area contributed by atoms with Gasteiger partial charge in [-0.2, -0.15) is 0 Å². The maximum atomic E-state index is 13.9. The molecule has 3 aromatic rings. The minimum absolute atomic E-state index is 0.0653. The van der Waals surface area contributed by atoms with Crippen LogP contribution in [0.15, 0.2) is 78.9 Å². The molecule has 3 rings (SSSR count). The van der Waals surface area contributed by atoms with Crippen molar-refractivity contribution in [2.75, 3.05) is 23.7 Å². The number of aryl methyl sites for hydroxylation is 1. The summed E-state index contributed by atoms with van der Waals surface area (Å²) in [6.45, 7) is 4.81. The second kappa shape index (κ2) is 15.6. The maximum absolute atomic E-state index is 13.9. The van der Waals surface area contributed by atoms with Gasteiger partial charge in [-0.05, 0) is 54.2 Å². The molecule has 0 aliphatic carbocycles. The van der Waals surface area contributed by atoms with Crippen LogP contribution in [-0.2, 0) is 39.0 Å². The first kappa shape index (κ1) is 32.2. The van der Waals surface area contributed by atoms with Crippen molar-refractivity contribution in [2.24, 2.45) is 0 Å². The smallest absolute Gasteiger partial charge is 0.243 e. The predicted octanol–water partition coefficient (Wildman–Crippen LogP) is 5.61. The Morgan fingerprint density at radius 3 is 2.17 bits per heavy atom. The van der Waals surface area contributed by atoms with Crippen molar-refractivity contribution in [3.8, 4) is 0 Å². The molecule has 0 aliphatic rings. The molecule has 7 nitrogen and oxygen atoms in total. The molecule has 1 atom stereocenters. The van der Waals surface area contributed by atoms with E-state index in [0.29, 0.717) is 23.7 Å². The van der Waals surface area contributed by atoms with Gasteiger partial charge in [0, 0.05) is 37.5 Å². The fourth-order valence-electron chi connectivity index (χ4n) is 4.63. The lowest BCUT2D eigenvalue weighted by molar-refractivity contribution is -0.141. The van der Waals surface area contributed by atoms with Crippen molar-refractivity contribution in [1.82, 2.24) is 10.2 Å². The number of amides is 2. The van der Waals surface area contributed by atoms with E-state index in [9.17, 15) is 18.0 Å². The minimum Gasteiger partial charge on any atom is -0.354 e. The first-order chi connectivity index (χ1) is 19.6. The summed E-state index contributed by atoms with van der Waals surface area (Å²) < 4.78 is 26.6. The van der Waals surface area contributed by atoms with Crippen LogP contribution in [0.25, 0.3) is 0 Å². The summed E-state index contributed by atoms with van der Waals surface area (Å²) in [5.74, 6) is -0.475. The molecule has 0 unspecified atom stereocenters. The van der Waals surface area contributed by atoms with E-state index < -0.39 is 16.1 Å². The molecule has 0 heterocycles. The van der Waals surface area contributed by atoms with Gasteiger partial charge >= 0.3 is 0 Å². The molecule has 0 bridgehead atoms. The van der Waals surface area contributed by atoms with Crippen molar-refractivity contribution in [3.63, 3.8) is 0 Å². The van der Waals surface area contributed by atoms with Gasteiger partial charge in [-0.3, -0.25) is 13.9 Å². The number of nitrogens with one attached hydrogen (secondary N) is 1. The number of nitrogens with zero attached hydrogens (tertiary/aromatic N) is 2. The largest absolute Gasteiger partial charge is 0.354 e. The molecule has 3 aromatic carbocycles. The molecular weight excluding hydrogens is 558 g/mol. The van der Waals surface area contributed by atoms with Gasteiger partial charge in [0.05, 0.1) is 11.9 Å². The van der Waals surface area contributed by atoms with Gasteiger partial charge in [0.25, 0.3) is 0 Å². The van der Waals surface area contributed by atoms with Crippen LogP contribution in [0.2, 0.25) is 5.02 Å². The first-order valence-corrected chi connectivity index (χ1v) is 16.3. The summed E-state index contributed by atoms with van der Waals surface area (Å²) in [7, 11) is -3.56. The summed E-state index contributed by atoms with van der Waals surface area (Å²) in [5, 5.41) is 3.47. The minimum atomic E-state index is -3.56. The van der Waals surface area contributed by atoms with Crippen molar-refractivity contribution in [1.29, 1.82) is 0 Å². The lowest BCUT2D eigenvalue weighted by Crippen LogP contribution is -2.50. The Labute approximate surface area is 249 Å². The highest BCUT2D eigenvalue weighted by Crippen LogP contribution is 2.23. The molecule has 0 spiro atoms. The van der Waals surface area contributed by atoms with Gasteiger partial charge in [-0.1, -0.05) is 86.1 Å². The molecule has 0 saturated carbocycles. The fraction of sp³-hybridized carbons (Fsp3) is 0.375. The second-order valence-corrected chi connectivity index (χ2v) is 12.4. The van der Waals surface area contributed by atoms with Gasteiger partial charge in [-0.25, -0.2) is 8.42 Å². The fourth-order valence-corrected chi connectivity index (χ4v) is 5.79. The third-order valence-corrected chi connectivity index (χ3v) is 8.47. The Balaban J connectivity index is 1.87. The van der Waals surface area contributed by atoms with Gasteiger partial charge in [0.1, 0.15) is 6.04 Å². The molecule has 1 N–H and O–H groups in total. The van der Waals surface area contributed by atoms with E-state index in [1.54, 1.807) is 23.1 Å². The lowest BCUT2D eigenvalue weighted by Gasteiger charge is -2.32. The number of benzene rings is 3. The Bertz CT molecular complexity index is 1380. The van der Waals surface area contributed by atoms with Gasteiger partial charge in [0.2, 0.25) is 21.8 Å². The quantitative estimate of drug-likeness (QED) is 0.247. The highest BCUT2D eigenvalue weighted by atomic mass is 35.5. The van der Waals surface area contributed by atoms with Crippen LogP contribution in [0.3, 0.4) is 0 Å². The number of hydrogen-bond donors (Lipinski definition) is 1. The average Bonchev–Trinajstić information content (AvgIpc) is 2.96. The molecule has 0 fully saturated rings. The van der Waals surface area contributed by atoms with Gasteiger partial charge in [0.15, 0.2) is 0 Å². The molecule has 0 saturated heterocycles. The van der Waals surface area contributed by atoms with Gasteiger partial charge < -0.3 is 10.2 Å². The molecular formula is C32H40ClN3O4S. The second-order valence-electron chi connectivity index (χ2n) is 10.1. The molecule has 0 aliphatic heterocycles. The van der Waals surface area contributed by atoms with E-state index in [2.05, 4.69) is 5.32 Å². The van der Waals surface area contributed by atoms with Crippen molar-refractivity contribution >= 4 is 39.1 Å². The normalized spacial score (nSPS) is 12.0. The van der Waals surface area contributed by atoms with Crippen LogP contribution in [0, 0.1) is 0 Å². The molecule has 220 valence electrons. The third kappa shape index (κ3) is 9.61. The number of carbonyl (C=O) groups is 2. The number of rotatable bonds is 15. The van der Waals surface area contributed by atoms with E-state index in [4.69, 9.17) is 11.6 Å². The van der Waals surface area contributed by atoms with Crippen LogP contribution >= 0.6 is 11.6 Å². The summed E-state index contributed by atoms with van der Waals surface area (Å²) in [4.78, 5) is 28.9. The SMILES string of the molecule is CCCNC(=O)[C@@H](Cc1ccccc1)N(Cc1ccccc1Cl)C(=O)CCCN(c1ccc(CC)cc1)S(C)(=O)=O. The van der Waals surface area contributed by atoms with E-state index in [1.807, 2.05) is 74.5 Å². The van der Waals surface area contributed by atoms with E-state index in [0.717, 1.165) is 29.5 Å². The topological polar surface area (TPSA) is 86.8 Å². The number of halogens is 1. The predicted molar refractivity (Wildman–Crippen MR) is 166 cm³/mol. The molecule has 0 aromatic heterocycles. The number of carbonyl (C=O) groups excluding carboxylic acids is 2. The highest BCUT2D eigenvalue weighted by molar-refractivity contribution is 7.92. The van der Waals surface area contributed by atoms with E-state index >= 15 is 0 Å². The summed E-state index contributed by atoms with van der Waals surface area (Å²) >= 11 is 6.47. The zero-order valence-electron chi connectivity index (χ0n) is 24.1. The van der Waals surface area contributed by atoms with E-state index in [1.165, 1.54) is 10.6 Å². The van der Waals surface area contributed by atoms with Gasteiger partial charge in [-0.15, -0.1) is 0 Å². The van der Waals surface area contributed by atoms with Crippen LogP contribution < -0.4 is 9.62 Å². The molecule has 41 heavy (non-hydrogen) atoms. The molecule has 9 heteroatoms. The van der Waals surface area contributed by atoms with Crippen molar-refractivity contribution in [2.45, 2.75) is 58.5 Å². The monoisotopic (exact) mass is 597 g/mol. The van der Waals surface area contributed by atoms with Crippen molar-refractivity contribution in [3.05, 3.63) is 101 Å². The maximum Gasteiger partial charge on any atom is 0.243 e. The summed E-state index contributed by atoms with van der Waals surface area (Å²) in [6, 6.07) is 23.5. The Morgan fingerprint density at radius 1 is 0.902 bits per heavy atom. The highest BCUT2D eigenvalue weighted by Gasteiger charge is 2.30. The molecule has 0 radical (unpaired) electrons. The number of sulfonamides is 1. The lowest BCUT2D eigenvalue weighted by atomic mass is 10.0. The standard InChI is InChI=1S/C32H40ClN3O4S/c1-4-21-34-32(38)30(23-26-12-7-6-8-13-26)35(24-27-14-9-10-15-29(27)33)31(37)16-11-22-36(41(3,39)40)28-19-17-25(5-2)18-20-28/h6-10,12-15,17-20,30H,4-5,11,16,21-24H2,1-3H3,(H,34,38)/t30-/m1/s1. The van der Waals surface area contributed by atoms with Crippen LogP contribution in [0.4, 0.5) is 5.69 Å². The molecule has 2 amide bonds. The summed E-state index contributed by atoms with van der Waals surface area (Å²) in [6.07, 6.45) is 3.48. The Morgan fingerprint density at radius 2 is 1.56 bits per heavy atom. The number of anilines is 1.